The number of hydrogen-bond donors (Lipinski definition) is 0. The predicted octanol–water partition coefficient (Wildman–Crippen LogP) is 3.64. The van der Waals surface area contributed by atoms with Gasteiger partial charge in [0.05, 0.1) is 11.6 Å². The van der Waals surface area contributed by atoms with E-state index in [4.69, 9.17) is 4.74 Å². The van der Waals surface area contributed by atoms with Gasteiger partial charge in [-0.2, -0.15) is 0 Å². The zero-order chi connectivity index (χ0) is 11.8. The molecule has 0 N–H and O–H groups in total. The van der Waals surface area contributed by atoms with E-state index >= 15 is 0 Å². The van der Waals surface area contributed by atoms with Crippen molar-refractivity contribution in [2.75, 3.05) is 6.61 Å². The zero-order valence-electron chi connectivity index (χ0n) is 9.83. The molecule has 0 unspecified atom stereocenters. The average Bonchev–Trinajstić information content (AvgIpc) is 2.66. The van der Waals surface area contributed by atoms with Crippen LogP contribution >= 0.6 is 15.9 Å². The number of halogens is 1. The van der Waals surface area contributed by atoms with Crippen molar-refractivity contribution < 1.29 is 4.74 Å². The number of ether oxygens (including phenoxy) is 1. The summed E-state index contributed by atoms with van der Waals surface area (Å²) in [5.74, 6) is 0.757. The standard InChI is InChI=1S/C13H16BrNO/c1-13(2,3)11-8-16-12(15-11)9-6-4-5-7-10(9)14/h4-7,11H,8H2,1-3H3/t11-/m0/s1. The Morgan fingerprint density at radius 1 is 1.31 bits per heavy atom. The maximum Gasteiger partial charge on any atom is 0.217 e. The molecule has 0 bridgehead atoms. The molecule has 0 spiro atoms. The van der Waals surface area contributed by atoms with E-state index < -0.39 is 0 Å². The molecule has 16 heavy (non-hydrogen) atoms. The fourth-order valence-electron chi connectivity index (χ4n) is 1.60. The van der Waals surface area contributed by atoms with E-state index in [0.717, 1.165) is 15.9 Å². The van der Waals surface area contributed by atoms with Crippen LogP contribution < -0.4 is 0 Å². The van der Waals surface area contributed by atoms with Gasteiger partial charge in [0.25, 0.3) is 0 Å². The van der Waals surface area contributed by atoms with Gasteiger partial charge in [0.15, 0.2) is 0 Å². The highest BCUT2D eigenvalue weighted by atomic mass is 79.9. The number of rotatable bonds is 1. The highest BCUT2D eigenvalue weighted by molar-refractivity contribution is 9.10. The van der Waals surface area contributed by atoms with Crippen LogP contribution in [0.4, 0.5) is 0 Å². The van der Waals surface area contributed by atoms with Crippen LogP contribution in [0.1, 0.15) is 26.3 Å². The van der Waals surface area contributed by atoms with E-state index in [1.165, 1.54) is 0 Å². The van der Waals surface area contributed by atoms with Crippen LogP contribution in [0.5, 0.6) is 0 Å². The van der Waals surface area contributed by atoms with Crippen molar-refractivity contribution in [3.05, 3.63) is 34.3 Å². The Labute approximate surface area is 105 Å². The first-order valence-corrected chi connectivity index (χ1v) is 6.23. The highest BCUT2D eigenvalue weighted by Crippen LogP contribution is 2.28. The third-order valence-corrected chi connectivity index (χ3v) is 3.45. The molecule has 2 nitrogen and oxygen atoms in total. The summed E-state index contributed by atoms with van der Waals surface area (Å²) in [6.45, 7) is 7.24. The fourth-order valence-corrected chi connectivity index (χ4v) is 2.05. The first-order chi connectivity index (χ1) is 7.48. The summed E-state index contributed by atoms with van der Waals surface area (Å²) in [4.78, 5) is 4.65. The smallest absolute Gasteiger partial charge is 0.217 e. The lowest BCUT2D eigenvalue weighted by molar-refractivity contribution is 0.236. The molecule has 1 aromatic rings. The van der Waals surface area contributed by atoms with Crippen molar-refractivity contribution in [1.82, 2.24) is 0 Å². The van der Waals surface area contributed by atoms with E-state index in [1.54, 1.807) is 0 Å². The molecular weight excluding hydrogens is 266 g/mol. The Hall–Kier alpha value is -0.830. The van der Waals surface area contributed by atoms with Crippen molar-refractivity contribution in [2.45, 2.75) is 26.8 Å². The van der Waals surface area contributed by atoms with Crippen LogP contribution in [-0.2, 0) is 4.74 Å². The lowest BCUT2D eigenvalue weighted by Gasteiger charge is -2.21. The molecule has 0 saturated heterocycles. The van der Waals surface area contributed by atoms with Gasteiger partial charge in [-0.3, -0.25) is 0 Å². The molecule has 0 fully saturated rings. The molecule has 3 heteroatoms. The van der Waals surface area contributed by atoms with E-state index in [0.29, 0.717) is 6.61 Å². The maximum absolute atomic E-state index is 5.68. The minimum atomic E-state index is 0.156. The number of benzene rings is 1. The Bertz CT molecular complexity index is 420. The van der Waals surface area contributed by atoms with E-state index in [9.17, 15) is 0 Å². The molecule has 0 radical (unpaired) electrons. The number of nitrogens with zero attached hydrogens (tertiary/aromatic N) is 1. The fraction of sp³-hybridized carbons (Fsp3) is 0.462. The van der Waals surface area contributed by atoms with E-state index in [1.807, 2.05) is 24.3 Å². The molecule has 0 saturated carbocycles. The Morgan fingerprint density at radius 3 is 2.56 bits per heavy atom. The van der Waals surface area contributed by atoms with E-state index in [2.05, 4.69) is 41.7 Å². The van der Waals surface area contributed by atoms with Crippen molar-refractivity contribution in [1.29, 1.82) is 0 Å². The van der Waals surface area contributed by atoms with Gasteiger partial charge in [0, 0.05) is 4.47 Å². The number of hydrogen-bond acceptors (Lipinski definition) is 2. The van der Waals surface area contributed by atoms with Crippen LogP contribution in [0.25, 0.3) is 0 Å². The van der Waals surface area contributed by atoms with Crippen LogP contribution in [0, 0.1) is 5.41 Å². The predicted molar refractivity (Wildman–Crippen MR) is 69.9 cm³/mol. The second-order valence-corrected chi connectivity index (χ2v) is 5.96. The van der Waals surface area contributed by atoms with Crippen LogP contribution in [0.3, 0.4) is 0 Å². The monoisotopic (exact) mass is 281 g/mol. The number of aliphatic imine (C=N–C) groups is 1. The molecule has 1 atom stereocenters. The molecule has 1 aromatic carbocycles. The first kappa shape index (κ1) is 11.6. The van der Waals surface area contributed by atoms with Crippen LogP contribution in [0.15, 0.2) is 33.7 Å². The molecule has 1 heterocycles. The quantitative estimate of drug-likeness (QED) is 0.770. The third-order valence-electron chi connectivity index (χ3n) is 2.75. The van der Waals surface area contributed by atoms with Crippen molar-refractivity contribution >= 4 is 21.8 Å². The maximum atomic E-state index is 5.68. The molecular formula is C13H16BrNO. The van der Waals surface area contributed by atoms with Gasteiger partial charge in [-0.25, -0.2) is 4.99 Å². The lowest BCUT2D eigenvalue weighted by atomic mass is 9.88. The Kier molecular flexibility index (Phi) is 3.06. The van der Waals surface area contributed by atoms with Crippen molar-refractivity contribution in [2.24, 2.45) is 10.4 Å². The summed E-state index contributed by atoms with van der Waals surface area (Å²) < 4.78 is 6.71. The molecule has 1 aliphatic rings. The highest BCUT2D eigenvalue weighted by Gasteiger charge is 2.30. The molecule has 0 amide bonds. The molecule has 0 aromatic heterocycles. The van der Waals surface area contributed by atoms with Gasteiger partial charge in [-0.15, -0.1) is 0 Å². The molecule has 86 valence electrons. The van der Waals surface area contributed by atoms with Gasteiger partial charge in [0.1, 0.15) is 6.61 Å². The topological polar surface area (TPSA) is 21.6 Å². The average molecular weight is 282 g/mol. The normalized spacial score (nSPS) is 20.5. The summed E-state index contributed by atoms with van der Waals surface area (Å²) in [6, 6.07) is 8.26. The van der Waals surface area contributed by atoms with Gasteiger partial charge in [0.2, 0.25) is 5.90 Å². The summed E-state index contributed by atoms with van der Waals surface area (Å²) in [6.07, 6.45) is 0. The largest absolute Gasteiger partial charge is 0.475 e. The molecule has 0 aliphatic carbocycles. The SMILES string of the molecule is CC(C)(C)[C@@H]1COC(c2ccccc2Br)=N1. The van der Waals surface area contributed by atoms with Crippen LogP contribution in [-0.4, -0.2) is 18.5 Å². The van der Waals surface area contributed by atoms with Gasteiger partial charge in [-0.05, 0) is 33.5 Å². The van der Waals surface area contributed by atoms with Crippen LogP contribution in [0.2, 0.25) is 0 Å². The summed E-state index contributed by atoms with van der Waals surface area (Å²) >= 11 is 3.52. The Balaban J connectivity index is 2.28. The molecule has 1 aliphatic heterocycles. The minimum absolute atomic E-state index is 0.156. The summed E-state index contributed by atoms with van der Waals surface area (Å²) in [7, 11) is 0. The van der Waals surface area contributed by atoms with Crippen molar-refractivity contribution in [3.8, 4) is 0 Å². The van der Waals surface area contributed by atoms with E-state index in [-0.39, 0.29) is 11.5 Å². The summed E-state index contributed by atoms with van der Waals surface area (Å²) in [5.41, 5.74) is 1.19. The zero-order valence-corrected chi connectivity index (χ0v) is 11.4. The first-order valence-electron chi connectivity index (χ1n) is 5.44. The Morgan fingerprint density at radius 2 is 2.00 bits per heavy atom. The molecule has 2 rings (SSSR count). The third kappa shape index (κ3) is 2.29. The second-order valence-electron chi connectivity index (χ2n) is 5.11. The summed E-state index contributed by atoms with van der Waals surface area (Å²) in [5, 5.41) is 0. The van der Waals surface area contributed by atoms with Gasteiger partial charge < -0.3 is 4.74 Å². The second kappa shape index (κ2) is 4.21. The van der Waals surface area contributed by atoms with Gasteiger partial charge >= 0.3 is 0 Å². The minimum Gasteiger partial charge on any atom is -0.475 e. The van der Waals surface area contributed by atoms with Crippen molar-refractivity contribution in [3.63, 3.8) is 0 Å². The van der Waals surface area contributed by atoms with Gasteiger partial charge in [-0.1, -0.05) is 32.9 Å². The lowest BCUT2D eigenvalue weighted by Crippen LogP contribution is -2.25.